The summed E-state index contributed by atoms with van der Waals surface area (Å²) in [5.41, 5.74) is 1.52. The van der Waals surface area contributed by atoms with Crippen LogP contribution in [0.4, 0.5) is 0 Å². The number of amides is 1. The summed E-state index contributed by atoms with van der Waals surface area (Å²) in [4.78, 5) is 16.5. The van der Waals surface area contributed by atoms with Crippen molar-refractivity contribution < 1.29 is 4.79 Å². The van der Waals surface area contributed by atoms with Gasteiger partial charge in [-0.05, 0) is 38.4 Å². The van der Waals surface area contributed by atoms with E-state index in [1.807, 2.05) is 28.9 Å². The fourth-order valence-electron chi connectivity index (χ4n) is 2.75. The molecule has 3 rings (SSSR count). The number of imidazole rings is 1. The predicted octanol–water partition coefficient (Wildman–Crippen LogP) is 1.59. The molecule has 5 heteroatoms. The maximum Gasteiger partial charge on any atom is 0.253 e. The number of piperidine rings is 1. The molecule has 2 atom stereocenters. The molecule has 106 valence electrons. The SMILES string of the molecule is CC(NC(=O)c1ccc2nccn2c1)C1CCCCN1. The molecule has 1 amide bonds. The first-order valence-corrected chi connectivity index (χ1v) is 7.21. The lowest BCUT2D eigenvalue weighted by atomic mass is 9.99. The number of carbonyl (C=O) groups excluding carboxylic acids is 1. The van der Waals surface area contributed by atoms with Crippen LogP contribution in [0.25, 0.3) is 5.65 Å². The van der Waals surface area contributed by atoms with Crippen LogP contribution >= 0.6 is 0 Å². The highest BCUT2D eigenvalue weighted by atomic mass is 16.1. The van der Waals surface area contributed by atoms with Gasteiger partial charge in [-0.1, -0.05) is 6.42 Å². The molecule has 0 spiro atoms. The van der Waals surface area contributed by atoms with Gasteiger partial charge < -0.3 is 15.0 Å². The number of carbonyl (C=O) groups is 1. The van der Waals surface area contributed by atoms with E-state index in [1.54, 1.807) is 6.20 Å². The number of nitrogens with one attached hydrogen (secondary N) is 2. The molecule has 20 heavy (non-hydrogen) atoms. The summed E-state index contributed by atoms with van der Waals surface area (Å²) in [5, 5.41) is 6.56. The molecule has 5 nitrogen and oxygen atoms in total. The lowest BCUT2D eigenvalue weighted by Crippen LogP contribution is -2.50. The van der Waals surface area contributed by atoms with Gasteiger partial charge in [0.1, 0.15) is 5.65 Å². The number of aromatic nitrogens is 2. The Morgan fingerprint density at radius 3 is 3.20 bits per heavy atom. The number of pyridine rings is 1. The predicted molar refractivity (Wildman–Crippen MR) is 77.8 cm³/mol. The Bertz CT molecular complexity index is 601. The molecule has 0 aliphatic carbocycles. The van der Waals surface area contributed by atoms with Crippen molar-refractivity contribution in [1.82, 2.24) is 20.0 Å². The van der Waals surface area contributed by atoms with Crippen molar-refractivity contribution >= 4 is 11.6 Å². The van der Waals surface area contributed by atoms with E-state index in [4.69, 9.17) is 0 Å². The Kier molecular flexibility index (Phi) is 3.69. The van der Waals surface area contributed by atoms with E-state index in [0.29, 0.717) is 11.6 Å². The Hall–Kier alpha value is -1.88. The van der Waals surface area contributed by atoms with Gasteiger partial charge in [0.25, 0.3) is 5.91 Å². The highest BCUT2D eigenvalue weighted by molar-refractivity contribution is 5.94. The lowest BCUT2D eigenvalue weighted by Gasteiger charge is -2.29. The Morgan fingerprint density at radius 1 is 1.50 bits per heavy atom. The van der Waals surface area contributed by atoms with Crippen molar-refractivity contribution in [3.63, 3.8) is 0 Å². The van der Waals surface area contributed by atoms with Crippen molar-refractivity contribution in [3.05, 3.63) is 36.3 Å². The van der Waals surface area contributed by atoms with E-state index in [-0.39, 0.29) is 11.9 Å². The largest absolute Gasteiger partial charge is 0.348 e. The summed E-state index contributed by atoms with van der Waals surface area (Å²) in [7, 11) is 0. The van der Waals surface area contributed by atoms with Crippen LogP contribution in [0.2, 0.25) is 0 Å². The molecule has 1 aliphatic heterocycles. The summed E-state index contributed by atoms with van der Waals surface area (Å²) in [6.45, 7) is 3.11. The van der Waals surface area contributed by atoms with Crippen LogP contribution in [0.15, 0.2) is 30.7 Å². The average Bonchev–Trinajstić information content (AvgIpc) is 2.95. The second-order valence-electron chi connectivity index (χ2n) is 5.43. The zero-order valence-electron chi connectivity index (χ0n) is 11.7. The molecule has 0 saturated carbocycles. The number of rotatable bonds is 3. The summed E-state index contributed by atoms with van der Waals surface area (Å²) in [5.74, 6) is -0.0273. The van der Waals surface area contributed by atoms with Crippen molar-refractivity contribution in [2.45, 2.75) is 38.3 Å². The summed E-state index contributed by atoms with van der Waals surface area (Å²) >= 11 is 0. The molecule has 2 aromatic heterocycles. The van der Waals surface area contributed by atoms with Gasteiger partial charge in [-0.25, -0.2) is 4.98 Å². The van der Waals surface area contributed by atoms with Gasteiger partial charge in [-0.2, -0.15) is 0 Å². The number of nitrogens with zero attached hydrogens (tertiary/aromatic N) is 2. The fourth-order valence-corrected chi connectivity index (χ4v) is 2.75. The van der Waals surface area contributed by atoms with Crippen LogP contribution < -0.4 is 10.6 Å². The monoisotopic (exact) mass is 272 g/mol. The van der Waals surface area contributed by atoms with E-state index in [2.05, 4.69) is 22.5 Å². The van der Waals surface area contributed by atoms with E-state index in [9.17, 15) is 4.79 Å². The second-order valence-corrected chi connectivity index (χ2v) is 5.43. The molecule has 2 N–H and O–H groups in total. The van der Waals surface area contributed by atoms with Crippen LogP contribution in [-0.2, 0) is 0 Å². The third-order valence-electron chi connectivity index (χ3n) is 3.96. The summed E-state index contributed by atoms with van der Waals surface area (Å²) < 4.78 is 1.86. The van der Waals surface area contributed by atoms with Gasteiger partial charge in [0.05, 0.1) is 5.56 Å². The Morgan fingerprint density at radius 2 is 2.40 bits per heavy atom. The molecule has 2 unspecified atom stereocenters. The zero-order valence-corrected chi connectivity index (χ0v) is 11.7. The topological polar surface area (TPSA) is 58.4 Å². The van der Waals surface area contributed by atoms with Gasteiger partial charge in [0, 0.05) is 30.7 Å². The maximum absolute atomic E-state index is 12.3. The molecular formula is C15H20N4O. The Balaban J connectivity index is 1.68. The van der Waals surface area contributed by atoms with E-state index in [0.717, 1.165) is 18.6 Å². The van der Waals surface area contributed by atoms with Crippen LogP contribution in [0, 0.1) is 0 Å². The third-order valence-corrected chi connectivity index (χ3v) is 3.96. The molecule has 1 aliphatic rings. The van der Waals surface area contributed by atoms with Crippen molar-refractivity contribution in [2.24, 2.45) is 0 Å². The molecule has 3 heterocycles. The smallest absolute Gasteiger partial charge is 0.253 e. The summed E-state index contributed by atoms with van der Waals surface area (Å²) in [6, 6.07) is 4.20. The number of fused-ring (bicyclic) bond motifs is 1. The first-order valence-electron chi connectivity index (χ1n) is 7.21. The lowest BCUT2D eigenvalue weighted by molar-refractivity contribution is 0.0927. The normalized spacial score (nSPS) is 20.8. The number of hydrogen-bond donors (Lipinski definition) is 2. The van der Waals surface area contributed by atoms with Gasteiger partial charge >= 0.3 is 0 Å². The van der Waals surface area contributed by atoms with Crippen LogP contribution in [0.3, 0.4) is 0 Å². The van der Waals surface area contributed by atoms with Crippen molar-refractivity contribution in [3.8, 4) is 0 Å². The van der Waals surface area contributed by atoms with Crippen LogP contribution in [0.1, 0.15) is 36.5 Å². The zero-order chi connectivity index (χ0) is 13.9. The quantitative estimate of drug-likeness (QED) is 0.892. The van der Waals surface area contributed by atoms with Gasteiger partial charge in [-0.3, -0.25) is 4.79 Å². The van der Waals surface area contributed by atoms with Crippen LogP contribution in [-0.4, -0.2) is 33.9 Å². The molecule has 2 aromatic rings. The third kappa shape index (κ3) is 2.67. The molecule has 0 radical (unpaired) electrons. The van der Waals surface area contributed by atoms with Gasteiger partial charge in [-0.15, -0.1) is 0 Å². The van der Waals surface area contributed by atoms with E-state index >= 15 is 0 Å². The molecule has 1 fully saturated rings. The average molecular weight is 272 g/mol. The van der Waals surface area contributed by atoms with Crippen LogP contribution in [0.5, 0.6) is 0 Å². The first-order chi connectivity index (χ1) is 9.74. The van der Waals surface area contributed by atoms with Gasteiger partial charge in [0.2, 0.25) is 0 Å². The molecule has 1 saturated heterocycles. The highest BCUT2D eigenvalue weighted by Gasteiger charge is 2.21. The summed E-state index contributed by atoms with van der Waals surface area (Å²) in [6.07, 6.45) is 8.98. The molecular weight excluding hydrogens is 252 g/mol. The Labute approximate surface area is 118 Å². The molecule has 0 aromatic carbocycles. The van der Waals surface area contributed by atoms with Crippen molar-refractivity contribution in [1.29, 1.82) is 0 Å². The first kappa shape index (κ1) is 13.1. The fraction of sp³-hybridized carbons (Fsp3) is 0.467. The molecule has 0 bridgehead atoms. The number of hydrogen-bond acceptors (Lipinski definition) is 3. The minimum atomic E-state index is -0.0273. The van der Waals surface area contributed by atoms with Crippen molar-refractivity contribution in [2.75, 3.05) is 6.54 Å². The minimum Gasteiger partial charge on any atom is -0.348 e. The van der Waals surface area contributed by atoms with Gasteiger partial charge in [0.15, 0.2) is 0 Å². The standard InChI is InChI=1S/C15H20N4O/c1-11(13-4-2-3-7-16-13)18-15(20)12-5-6-14-17-8-9-19(14)10-12/h5-6,8-11,13,16H,2-4,7H2,1H3,(H,18,20). The van der Waals surface area contributed by atoms with E-state index in [1.165, 1.54) is 12.8 Å². The second kappa shape index (κ2) is 5.63. The minimum absolute atomic E-state index is 0.0273. The van der Waals surface area contributed by atoms with E-state index < -0.39 is 0 Å². The highest BCUT2D eigenvalue weighted by Crippen LogP contribution is 2.11. The maximum atomic E-state index is 12.3.